The van der Waals surface area contributed by atoms with Gasteiger partial charge in [-0.25, -0.2) is 4.39 Å². The van der Waals surface area contributed by atoms with Gasteiger partial charge < -0.3 is 9.64 Å². The maximum Gasteiger partial charge on any atom is 0.406 e. The summed E-state index contributed by atoms with van der Waals surface area (Å²) < 4.78 is 56.2. The van der Waals surface area contributed by atoms with E-state index in [1.165, 1.54) is 24.3 Å². The highest BCUT2D eigenvalue weighted by molar-refractivity contribution is 5.79. The predicted octanol–water partition coefficient (Wildman–Crippen LogP) is 2.94. The van der Waals surface area contributed by atoms with Crippen molar-refractivity contribution in [2.24, 2.45) is 0 Å². The fraction of sp³-hybridized carbons (Fsp3) is 0.533. The lowest BCUT2D eigenvalue weighted by Crippen LogP contribution is -2.48. The third kappa shape index (κ3) is 4.98. The van der Waals surface area contributed by atoms with Gasteiger partial charge in [-0.1, -0.05) is 12.1 Å². The van der Waals surface area contributed by atoms with Gasteiger partial charge in [-0.15, -0.1) is 0 Å². The van der Waals surface area contributed by atoms with Crippen molar-refractivity contribution in [2.45, 2.75) is 31.5 Å². The van der Waals surface area contributed by atoms with Gasteiger partial charge >= 0.3 is 6.18 Å². The van der Waals surface area contributed by atoms with Crippen molar-refractivity contribution in [1.82, 2.24) is 4.90 Å². The maximum absolute atomic E-state index is 12.8. The van der Waals surface area contributed by atoms with Crippen molar-refractivity contribution >= 4 is 5.91 Å². The number of alkyl halides is 3. The summed E-state index contributed by atoms with van der Waals surface area (Å²) in [6, 6.07) is 4.71. The Morgan fingerprint density at radius 1 is 1.18 bits per heavy atom. The zero-order valence-electron chi connectivity index (χ0n) is 11.9. The van der Waals surface area contributed by atoms with E-state index in [0.29, 0.717) is 31.6 Å². The molecule has 22 heavy (non-hydrogen) atoms. The first-order chi connectivity index (χ1) is 10.3. The van der Waals surface area contributed by atoms with Crippen LogP contribution in [-0.4, -0.2) is 42.8 Å². The van der Waals surface area contributed by atoms with Crippen molar-refractivity contribution in [1.29, 1.82) is 0 Å². The average Bonchev–Trinajstić information content (AvgIpc) is 2.47. The fourth-order valence-electron chi connectivity index (χ4n) is 2.49. The Bertz CT molecular complexity index is 495. The van der Waals surface area contributed by atoms with E-state index in [-0.39, 0.29) is 6.42 Å². The van der Waals surface area contributed by atoms with Crippen molar-refractivity contribution in [3.05, 3.63) is 35.6 Å². The Labute approximate surface area is 125 Å². The van der Waals surface area contributed by atoms with Crippen LogP contribution in [0.1, 0.15) is 18.4 Å². The van der Waals surface area contributed by atoms with Crippen LogP contribution in [-0.2, 0) is 16.0 Å². The number of rotatable bonds is 4. The molecule has 7 heteroatoms. The topological polar surface area (TPSA) is 29.5 Å². The van der Waals surface area contributed by atoms with Gasteiger partial charge in [0.1, 0.15) is 12.4 Å². The van der Waals surface area contributed by atoms with E-state index >= 15 is 0 Å². The summed E-state index contributed by atoms with van der Waals surface area (Å²) in [6.07, 6.45) is -3.83. The van der Waals surface area contributed by atoms with Crippen LogP contribution in [0.15, 0.2) is 24.3 Å². The number of carbonyl (C=O) groups excluding carboxylic acids is 1. The number of ether oxygens (including phenoxy) is 1. The molecule has 0 unspecified atom stereocenters. The van der Waals surface area contributed by atoms with Crippen LogP contribution < -0.4 is 0 Å². The molecule has 3 nitrogen and oxygen atoms in total. The predicted molar refractivity (Wildman–Crippen MR) is 71.7 cm³/mol. The Morgan fingerprint density at radius 2 is 1.77 bits per heavy atom. The molecule has 0 spiro atoms. The monoisotopic (exact) mass is 319 g/mol. The van der Waals surface area contributed by atoms with Gasteiger partial charge in [0.25, 0.3) is 0 Å². The highest BCUT2D eigenvalue weighted by Crippen LogP contribution is 2.23. The van der Waals surface area contributed by atoms with Gasteiger partial charge in [-0.2, -0.15) is 13.2 Å². The minimum Gasteiger partial charge on any atom is -0.381 e. The third-order valence-electron chi connectivity index (χ3n) is 3.57. The summed E-state index contributed by atoms with van der Waals surface area (Å²) in [4.78, 5) is 13.1. The smallest absolute Gasteiger partial charge is 0.381 e. The lowest BCUT2D eigenvalue weighted by Gasteiger charge is -2.35. The van der Waals surface area contributed by atoms with E-state index in [2.05, 4.69) is 0 Å². The van der Waals surface area contributed by atoms with Gasteiger partial charge in [-0.3, -0.25) is 4.79 Å². The molecule has 0 bridgehead atoms. The summed E-state index contributed by atoms with van der Waals surface area (Å²) in [5, 5.41) is 0. The van der Waals surface area contributed by atoms with Crippen LogP contribution >= 0.6 is 0 Å². The van der Waals surface area contributed by atoms with Gasteiger partial charge in [0.05, 0.1) is 6.42 Å². The first kappa shape index (κ1) is 16.7. The van der Waals surface area contributed by atoms with Gasteiger partial charge in [0.2, 0.25) is 5.91 Å². The van der Waals surface area contributed by atoms with Gasteiger partial charge in [0, 0.05) is 19.3 Å². The number of carbonyl (C=O) groups is 1. The fourth-order valence-corrected chi connectivity index (χ4v) is 2.49. The highest BCUT2D eigenvalue weighted by Gasteiger charge is 2.36. The number of benzene rings is 1. The van der Waals surface area contributed by atoms with Gasteiger partial charge in [0.15, 0.2) is 0 Å². The molecular weight excluding hydrogens is 302 g/mol. The molecule has 2 rings (SSSR count). The first-order valence-electron chi connectivity index (χ1n) is 7.03. The van der Waals surface area contributed by atoms with Gasteiger partial charge in [-0.05, 0) is 30.5 Å². The molecule has 0 aromatic heterocycles. The van der Waals surface area contributed by atoms with Crippen molar-refractivity contribution < 1.29 is 27.1 Å². The zero-order chi connectivity index (χ0) is 16.2. The summed E-state index contributed by atoms with van der Waals surface area (Å²) in [5.74, 6) is -1.05. The van der Waals surface area contributed by atoms with Crippen LogP contribution in [0.25, 0.3) is 0 Å². The SMILES string of the molecule is O=C(Cc1ccc(F)cc1)N(CC(F)(F)F)C1CCOCC1. The average molecular weight is 319 g/mol. The molecule has 0 N–H and O–H groups in total. The van der Waals surface area contributed by atoms with E-state index in [0.717, 1.165) is 4.90 Å². The van der Waals surface area contributed by atoms with E-state index in [9.17, 15) is 22.4 Å². The number of amides is 1. The minimum absolute atomic E-state index is 0.173. The summed E-state index contributed by atoms with van der Waals surface area (Å²) >= 11 is 0. The van der Waals surface area contributed by atoms with Crippen LogP contribution in [0.2, 0.25) is 0 Å². The van der Waals surface area contributed by atoms with E-state index in [1.807, 2.05) is 0 Å². The Hall–Kier alpha value is -1.63. The molecule has 1 amide bonds. The van der Waals surface area contributed by atoms with E-state index < -0.39 is 30.5 Å². The second kappa shape index (κ2) is 7.09. The Balaban J connectivity index is 2.08. The first-order valence-corrected chi connectivity index (χ1v) is 7.03. The molecule has 0 radical (unpaired) electrons. The molecule has 1 aromatic carbocycles. The summed E-state index contributed by atoms with van der Waals surface area (Å²) in [5.41, 5.74) is 0.491. The van der Waals surface area contributed by atoms with Crippen LogP contribution in [0, 0.1) is 5.82 Å². The largest absolute Gasteiger partial charge is 0.406 e. The number of hydrogen-bond donors (Lipinski definition) is 0. The van der Waals surface area contributed by atoms with Crippen LogP contribution in [0.3, 0.4) is 0 Å². The molecule has 1 aromatic rings. The standard InChI is InChI=1S/C15H17F4NO2/c16-12-3-1-11(2-4-12)9-14(21)20(10-15(17,18)19)13-5-7-22-8-6-13/h1-4,13H,5-10H2. The van der Waals surface area contributed by atoms with Crippen molar-refractivity contribution in [3.8, 4) is 0 Å². The maximum atomic E-state index is 12.8. The molecule has 122 valence electrons. The lowest BCUT2D eigenvalue weighted by atomic mass is 10.0. The molecule has 1 saturated heterocycles. The number of hydrogen-bond acceptors (Lipinski definition) is 2. The molecule has 1 aliphatic rings. The lowest BCUT2D eigenvalue weighted by molar-refractivity contribution is -0.168. The van der Waals surface area contributed by atoms with Crippen LogP contribution in [0.4, 0.5) is 17.6 Å². The highest BCUT2D eigenvalue weighted by atomic mass is 19.4. The second-order valence-corrected chi connectivity index (χ2v) is 5.28. The molecule has 0 aliphatic carbocycles. The van der Waals surface area contributed by atoms with E-state index in [4.69, 9.17) is 4.74 Å². The summed E-state index contributed by atoms with van der Waals surface area (Å²) in [6.45, 7) is -0.566. The normalized spacial score (nSPS) is 16.5. The number of nitrogens with zero attached hydrogens (tertiary/aromatic N) is 1. The van der Waals surface area contributed by atoms with E-state index in [1.54, 1.807) is 0 Å². The zero-order valence-corrected chi connectivity index (χ0v) is 11.9. The molecule has 1 aliphatic heterocycles. The second-order valence-electron chi connectivity index (χ2n) is 5.28. The quantitative estimate of drug-likeness (QED) is 0.799. The van der Waals surface area contributed by atoms with Crippen molar-refractivity contribution in [3.63, 3.8) is 0 Å². The molecule has 0 atom stereocenters. The molecule has 1 heterocycles. The third-order valence-corrected chi connectivity index (χ3v) is 3.57. The number of halogens is 4. The van der Waals surface area contributed by atoms with Crippen LogP contribution in [0.5, 0.6) is 0 Å². The summed E-state index contributed by atoms with van der Waals surface area (Å²) in [7, 11) is 0. The Kier molecular flexibility index (Phi) is 5.39. The molecule has 0 saturated carbocycles. The molecule has 1 fully saturated rings. The van der Waals surface area contributed by atoms with Crippen molar-refractivity contribution in [2.75, 3.05) is 19.8 Å². The minimum atomic E-state index is -4.45. The Morgan fingerprint density at radius 3 is 2.32 bits per heavy atom. The molecular formula is C15H17F4NO2.